The van der Waals surface area contributed by atoms with Gasteiger partial charge in [-0.1, -0.05) is 16.9 Å². The standard InChI is InChI=1S/C18H31N5O7S/c1-18(2)29-15-13(24)14(28-16(15)30-18)12-11-31-17(22-12)20-3-5-25-7-9-27-10-8-26-6-4-21-23-19/h12-16,24H,3-11H2,1-2H3,(H,20,22)/t12-,13+,14-,15-,16-/m1/s1. The first-order valence-electron chi connectivity index (χ1n) is 10.4. The second-order valence-electron chi connectivity index (χ2n) is 7.60. The third kappa shape index (κ3) is 7.45. The fourth-order valence-electron chi connectivity index (χ4n) is 3.43. The molecule has 0 bridgehead atoms. The van der Waals surface area contributed by atoms with E-state index in [1.54, 1.807) is 11.8 Å². The lowest BCUT2D eigenvalue weighted by atomic mass is 10.1. The van der Waals surface area contributed by atoms with Crippen LogP contribution in [0.4, 0.5) is 0 Å². The summed E-state index contributed by atoms with van der Waals surface area (Å²) in [5, 5.41) is 18.1. The lowest BCUT2D eigenvalue weighted by Gasteiger charge is -2.26. The van der Waals surface area contributed by atoms with Gasteiger partial charge < -0.3 is 38.8 Å². The first-order valence-corrected chi connectivity index (χ1v) is 11.4. The molecule has 3 rings (SSSR count). The minimum Gasteiger partial charge on any atom is -0.387 e. The molecule has 3 aliphatic rings. The fraction of sp³-hybridized carbons (Fsp3) is 0.944. The highest BCUT2D eigenvalue weighted by molar-refractivity contribution is 8.14. The summed E-state index contributed by atoms with van der Waals surface area (Å²) in [4.78, 5) is 7.14. The Labute approximate surface area is 185 Å². The Kier molecular flexibility index (Phi) is 9.63. The van der Waals surface area contributed by atoms with Gasteiger partial charge in [-0.05, 0) is 19.4 Å². The highest BCUT2D eigenvalue weighted by Crippen LogP contribution is 2.39. The zero-order chi connectivity index (χ0) is 22.1. The molecule has 0 aliphatic carbocycles. The third-order valence-electron chi connectivity index (χ3n) is 4.79. The van der Waals surface area contributed by atoms with Crippen LogP contribution in [0.15, 0.2) is 10.1 Å². The van der Waals surface area contributed by atoms with E-state index in [4.69, 9.17) is 34.0 Å². The fourth-order valence-corrected chi connectivity index (χ4v) is 4.46. The van der Waals surface area contributed by atoms with Crippen LogP contribution in [-0.4, -0.2) is 105 Å². The summed E-state index contributed by atoms with van der Waals surface area (Å²) in [5.74, 6) is 0.0155. The Balaban J connectivity index is 1.21. The van der Waals surface area contributed by atoms with Gasteiger partial charge in [0.15, 0.2) is 17.2 Å². The lowest BCUT2D eigenvalue weighted by molar-refractivity contribution is -0.216. The molecule has 31 heavy (non-hydrogen) atoms. The Morgan fingerprint density at radius 2 is 1.77 bits per heavy atom. The summed E-state index contributed by atoms with van der Waals surface area (Å²) in [5.41, 5.74) is 8.13. The molecule has 0 unspecified atom stereocenters. The minimum absolute atomic E-state index is 0.0529. The molecule has 0 aromatic carbocycles. The second-order valence-corrected chi connectivity index (χ2v) is 8.61. The molecule has 176 valence electrons. The number of aliphatic imine (C=N–C) groups is 1. The van der Waals surface area contributed by atoms with E-state index in [1.165, 1.54) is 0 Å². The number of hydrogen-bond acceptors (Lipinski definition) is 10. The SMILES string of the molecule is CC1(C)O[C@H]2O[C@H]([C@H]3CSC(=NCCOCCOCCOCCN=[N+]=[N-])N3)[C@H](O)[C@H]2O1. The van der Waals surface area contributed by atoms with E-state index < -0.39 is 30.4 Å². The number of fused-ring (bicyclic) bond motifs is 1. The molecule has 12 nitrogen and oxygen atoms in total. The molecular weight excluding hydrogens is 430 g/mol. The maximum absolute atomic E-state index is 10.6. The molecule has 3 saturated heterocycles. The number of aliphatic hydroxyl groups excluding tert-OH is 1. The van der Waals surface area contributed by atoms with Crippen LogP contribution in [0.25, 0.3) is 10.4 Å². The molecule has 3 heterocycles. The number of nitrogens with zero attached hydrogens (tertiary/aromatic N) is 4. The van der Waals surface area contributed by atoms with Crippen molar-refractivity contribution in [3.63, 3.8) is 0 Å². The predicted molar refractivity (Wildman–Crippen MR) is 113 cm³/mol. The summed E-state index contributed by atoms with van der Waals surface area (Å²) in [7, 11) is 0. The van der Waals surface area contributed by atoms with Crippen LogP contribution in [-0.2, 0) is 28.4 Å². The van der Waals surface area contributed by atoms with Gasteiger partial charge in [0.25, 0.3) is 0 Å². The zero-order valence-corrected chi connectivity index (χ0v) is 18.7. The summed E-state index contributed by atoms with van der Waals surface area (Å²) >= 11 is 1.60. The van der Waals surface area contributed by atoms with Crippen LogP contribution >= 0.6 is 11.8 Å². The number of hydrogen-bond donors (Lipinski definition) is 2. The van der Waals surface area contributed by atoms with Gasteiger partial charge in [0, 0.05) is 17.2 Å². The van der Waals surface area contributed by atoms with Crippen LogP contribution in [0.5, 0.6) is 0 Å². The number of nitrogens with one attached hydrogen (secondary N) is 1. The van der Waals surface area contributed by atoms with Crippen molar-refractivity contribution < 1.29 is 33.5 Å². The van der Waals surface area contributed by atoms with Crippen LogP contribution in [0, 0.1) is 0 Å². The van der Waals surface area contributed by atoms with E-state index in [0.717, 1.165) is 10.9 Å². The zero-order valence-electron chi connectivity index (χ0n) is 17.8. The lowest BCUT2D eigenvalue weighted by Crippen LogP contribution is -2.46. The molecule has 13 heteroatoms. The number of ether oxygens (including phenoxy) is 6. The summed E-state index contributed by atoms with van der Waals surface area (Å²) in [6, 6.07) is -0.0529. The van der Waals surface area contributed by atoms with Crippen molar-refractivity contribution in [2.45, 2.75) is 50.3 Å². The van der Waals surface area contributed by atoms with Crippen molar-refractivity contribution >= 4 is 16.9 Å². The van der Waals surface area contributed by atoms with Crippen LogP contribution in [0.3, 0.4) is 0 Å². The van der Waals surface area contributed by atoms with Crippen molar-refractivity contribution in [1.82, 2.24) is 5.32 Å². The number of aliphatic hydroxyl groups is 1. The van der Waals surface area contributed by atoms with E-state index in [1.807, 2.05) is 13.8 Å². The average Bonchev–Trinajstić information content (AvgIpc) is 3.39. The normalized spacial score (nSPS) is 32.7. The highest BCUT2D eigenvalue weighted by atomic mass is 32.2. The van der Waals surface area contributed by atoms with Gasteiger partial charge in [0.05, 0.1) is 52.2 Å². The number of azide groups is 1. The first-order chi connectivity index (χ1) is 15.0. The quantitative estimate of drug-likeness (QED) is 0.174. The molecular formula is C18H31N5O7S. The highest BCUT2D eigenvalue weighted by Gasteiger charge is 2.56. The van der Waals surface area contributed by atoms with Gasteiger partial charge in [-0.25, -0.2) is 0 Å². The molecule has 0 saturated carbocycles. The van der Waals surface area contributed by atoms with Crippen LogP contribution in [0.2, 0.25) is 0 Å². The van der Waals surface area contributed by atoms with E-state index >= 15 is 0 Å². The molecule has 0 spiro atoms. The van der Waals surface area contributed by atoms with Gasteiger partial charge in [0.1, 0.15) is 18.3 Å². The topological polar surface area (TPSA) is 149 Å². The van der Waals surface area contributed by atoms with E-state index in [0.29, 0.717) is 52.7 Å². The largest absolute Gasteiger partial charge is 0.387 e. The Hall–Kier alpha value is -1.15. The Morgan fingerprint density at radius 1 is 1.10 bits per heavy atom. The maximum atomic E-state index is 10.6. The third-order valence-corrected chi connectivity index (χ3v) is 5.84. The smallest absolute Gasteiger partial charge is 0.190 e. The van der Waals surface area contributed by atoms with E-state index in [-0.39, 0.29) is 6.04 Å². The van der Waals surface area contributed by atoms with Crippen molar-refractivity contribution in [2.75, 3.05) is 58.5 Å². The van der Waals surface area contributed by atoms with Gasteiger partial charge in [-0.3, -0.25) is 4.99 Å². The molecule has 3 aliphatic heterocycles. The van der Waals surface area contributed by atoms with Gasteiger partial charge >= 0.3 is 0 Å². The summed E-state index contributed by atoms with van der Waals surface area (Å²) in [6.07, 6.45) is -2.15. The van der Waals surface area contributed by atoms with E-state index in [9.17, 15) is 5.11 Å². The first kappa shape index (κ1) is 24.5. The second kappa shape index (κ2) is 12.2. The molecule has 0 amide bonds. The van der Waals surface area contributed by atoms with Gasteiger partial charge in [-0.15, -0.1) is 0 Å². The van der Waals surface area contributed by atoms with E-state index in [2.05, 4.69) is 20.3 Å². The Bertz CT molecular complexity index is 649. The summed E-state index contributed by atoms with van der Waals surface area (Å²) in [6.45, 7) is 7.24. The monoisotopic (exact) mass is 461 g/mol. The molecule has 2 N–H and O–H groups in total. The van der Waals surface area contributed by atoms with Crippen molar-refractivity contribution in [3.05, 3.63) is 10.4 Å². The average molecular weight is 462 g/mol. The number of rotatable bonds is 13. The molecule has 3 fully saturated rings. The molecule has 0 aromatic heterocycles. The summed E-state index contributed by atoms with van der Waals surface area (Å²) < 4.78 is 33.4. The van der Waals surface area contributed by atoms with Crippen LogP contribution < -0.4 is 5.32 Å². The molecule has 0 aromatic rings. The van der Waals surface area contributed by atoms with Crippen molar-refractivity contribution in [2.24, 2.45) is 10.1 Å². The molecule has 5 atom stereocenters. The van der Waals surface area contributed by atoms with Crippen molar-refractivity contribution in [3.8, 4) is 0 Å². The van der Waals surface area contributed by atoms with Crippen LogP contribution in [0.1, 0.15) is 13.8 Å². The number of amidine groups is 1. The Morgan fingerprint density at radius 3 is 2.45 bits per heavy atom. The maximum Gasteiger partial charge on any atom is 0.190 e. The van der Waals surface area contributed by atoms with Crippen molar-refractivity contribution in [1.29, 1.82) is 0 Å². The predicted octanol–water partition coefficient (Wildman–Crippen LogP) is 0.645. The molecule has 0 radical (unpaired) electrons. The van der Waals surface area contributed by atoms with Gasteiger partial charge in [-0.2, -0.15) is 0 Å². The van der Waals surface area contributed by atoms with Gasteiger partial charge in [0.2, 0.25) is 0 Å². The minimum atomic E-state index is -0.746. The number of thioether (sulfide) groups is 1.